The molecule has 0 aromatic carbocycles. The van der Waals surface area contributed by atoms with Crippen LogP contribution in [0.4, 0.5) is 0 Å². The SMILES string of the molecule is CCC(COCCOCCOCCOC(=O)CCS)(COCCOCCOC(=O)CCS)COCCOCCOC(=O)CCS. The molecule has 0 aromatic rings. The molecule has 0 radical (unpaired) electrons. The monoisotopic (exact) mass is 706 g/mol. The Morgan fingerprint density at radius 2 is 0.667 bits per heavy atom. The number of thiol groups is 3. The maximum Gasteiger partial charge on any atom is 0.306 e. The summed E-state index contributed by atoms with van der Waals surface area (Å²) in [4.78, 5) is 34.0. The average Bonchev–Trinajstić information content (AvgIpc) is 3.02. The Bertz CT molecular complexity index is 685. The van der Waals surface area contributed by atoms with E-state index in [0.717, 1.165) is 6.42 Å². The number of ether oxygens (including phenoxy) is 10. The second kappa shape index (κ2) is 33.1. The van der Waals surface area contributed by atoms with E-state index in [1.807, 2.05) is 6.92 Å². The zero-order valence-corrected chi connectivity index (χ0v) is 29.3. The van der Waals surface area contributed by atoms with Gasteiger partial charge in [-0.3, -0.25) is 14.4 Å². The van der Waals surface area contributed by atoms with E-state index in [2.05, 4.69) is 37.9 Å². The molecule has 0 unspecified atom stereocenters. The van der Waals surface area contributed by atoms with E-state index >= 15 is 0 Å². The molecule has 0 aliphatic heterocycles. The second-order valence-electron chi connectivity index (χ2n) is 9.54. The molecule has 0 fully saturated rings. The third-order valence-corrected chi connectivity index (χ3v) is 6.55. The van der Waals surface area contributed by atoms with E-state index < -0.39 is 5.41 Å². The lowest BCUT2D eigenvalue weighted by atomic mass is 9.88. The van der Waals surface area contributed by atoms with Crippen molar-refractivity contribution in [2.75, 3.05) is 130 Å². The summed E-state index contributed by atoms with van der Waals surface area (Å²) in [7, 11) is 0. The largest absolute Gasteiger partial charge is 0.463 e. The zero-order valence-electron chi connectivity index (χ0n) is 26.6. The van der Waals surface area contributed by atoms with Crippen LogP contribution in [-0.2, 0) is 61.8 Å². The Balaban J connectivity index is 4.33. The van der Waals surface area contributed by atoms with Gasteiger partial charge in [0.1, 0.15) is 19.8 Å². The molecule has 0 spiro atoms. The van der Waals surface area contributed by atoms with E-state index in [4.69, 9.17) is 47.4 Å². The maximum absolute atomic E-state index is 11.4. The summed E-state index contributed by atoms with van der Waals surface area (Å²) in [5.41, 5.74) is -0.404. The van der Waals surface area contributed by atoms with Crippen molar-refractivity contribution in [2.24, 2.45) is 5.41 Å². The first kappa shape index (κ1) is 44.2. The van der Waals surface area contributed by atoms with Crippen molar-refractivity contribution in [3.05, 3.63) is 0 Å². The van der Waals surface area contributed by atoms with Gasteiger partial charge in [-0.05, 0) is 6.42 Å². The number of esters is 3. The summed E-state index contributed by atoms with van der Waals surface area (Å²) >= 11 is 12.0. The van der Waals surface area contributed by atoms with Crippen LogP contribution in [-0.4, -0.2) is 147 Å². The predicted molar refractivity (Wildman–Crippen MR) is 177 cm³/mol. The fraction of sp³-hybridized carbons (Fsp3) is 0.897. The molecular formula is C29H54O13S3. The Morgan fingerprint density at radius 3 is 0.911 bits per heavy atom. The van der Waals surface area contributed by atoms with Gasteiger partial charge in [0.25, 0.3) is 0 Å². The lowest BCUT2D eigenvalue weighted by molar-refractivity contribution is -0.145. The summed E-state index contributed by atoms with van der Waals surface area (Å²) in [5.74, 6) is 0.464. The molecule has 0 heterocycles. The number of carbonyl (C=O) groups is 3. The van der Waals surface area contributed by atoms with Gasteiger partial charge in [-0.1, -0.05) is 6.92 Å². The van der Waals surface area contributed by atoms with E-state index in [9.17, 15) is 14.4 Å². The molecule has 0 saturated heterocycles. The van der Waals surface area contributed by atoms with Crippen molar-refractivity contribution in [2.45, 2.75) is 32.6 Å². The van der Waals surface area contributed by atoms with Gasteiger partial charge in [0.15, 0.2) is 0 Å². The van der Waals surface area contributed by atoms with Crippen molar-refractivity contribution in [3.63, 3.8) is 0 Å². The number of carbonyl (C=O) groups excluding carboxylic acids is 3. The highest BCUT2D eigenvalue weighted by Crippen LogP contribution is 2.24. The van der Waals surface area contributed by atoms with Gasteiger partial charge < -0.3 is 47.4 Å². The van der Waals surface area contributed by atoms with Crippen molar-refractivity contribution < 1.29 is 61.8 Å². The van der Waals surface area contributed by atoms with Crippen LogP contribution in [0.15, 0.2) is 0 Å². The lowest BCUT2D eigenvalue weighted by Gasteiger charge is -2.32. The average molecular weight is 707 g/mol. The summed E-state index contributed by atoms with van der Waals surface area (Å²) in [5, 5.41) is 0. The number of rotatable bonds is 34. The molecule has 0 bridgehead atoms. The molecule has 0 rings (SSSR count). The Kier molecular flexibility index (Phi) is 32.5. The maximum atomic E-state index is 11.4. The predicted octanol–water partition coefficient (Wildman–Crippen LogP) is 2.09. The smallest absolute Gasteiger partial charge is 0.306 e. The molecule has 13 nitrogen and oxygen atoms in total. The first-order chi connectivity index (χ1) is 21.9. The zero-order chi connectivity index (χ0) is 33.3. The molecule has 0 aromatic heterocycles. The van der Waals surface area contributed by atoms with Crippen LogP contribution in [0.3, 0.4) is 0 Å². The minimum atomic E-state index is -0.404. The van der Waals surface area contributed by atoms with E-state index in [1.54, 1.807) is 0 Å². The van der Waals surface area contributed by atoms with Gasteiger partial charge in [0.05, 0.1) is 112 Å². The van der Waals surface area contributed by atoms with Crippen LogP contribution in [0.5, 0.6) is 0 Å². The number of hydrogen-bond donors (Lipinski definition) is 3. The molecule has 0 aliphatic rings. The van der Waals surface area contributed by atoms with Crippen molar-refractivity contribution >= 4 is 55.8 Å². The first-order valence-electron chi connectivity index (χ1n) is 15.3. The van der Waals surface area contributed by atoms with E-state index in [1.165, 1.54) is 0 Å². The van der Waals surface area contributed by atoms with Crippen LogP contribution in [0.2, 0.25) is 0 Å². The molecule has 0 atom stereocenters. The van der Waals surface area contributed by atoms with Crippen LogP contribution in [0, 0.1) is 5.41 Å². The van der Waals surface area contributed by atoms with Crippen molar-refractivity contribution in [3.8, 4) is 0 Å². The Morgan fingerprint density at radius 1 is 0.422 bits per heavy atom. The lowest BCUT2D eigenvalue weighted by Crippen LogP contribution is -2.38. The van der Waals surface area contributed by atoms with Crippen LogP contribution < -0.4 is 0 Å². The van der Waals surface area contributed by atoms with Crippen molar-refractivity contribution in [1.29, 1.82) is 0 Å². The minimum Gasteiger partial charge on any atom is -0.463 e. The Hall–Kier alpha value is -0.820. The third-order valence-electron chi connectivity index (χ3n) is 5.88. The van der Waals surface area contributed by atoms with Crippen LogP contribution in [0.25, 0.3) is 0 Å². The van der Waals surface area contributed by atoms with Crippen molar-refractivity contribution in [1.82, 2.24) is 0 Å². The molecule has 0 aliphatic carbocycles. The van der Waals surface area contributed by atoms with Gasteiger partial charge in [-0.15, -0.1) is 0 Å². The van der Waals surface area contributed by atoms with Crippen LogP contribution >= 0.6 is 37.9 Å². The second-order valence-corrected chi connectivity index (χ2v) is 10.9. The van der Waals surface area contributed by atoms with E-state index in [-0.39, 0.29) is 70.2 Å². The molecule has 0 N–H and O–H groups in total. The summed E-state index contributed by atoms with van der Waals surface area (Å²) in [6.07, 6.45) is 1.56. The minimum absolute atomic E-state index is 0.188. The molecule has 16 heteroatoms. The first-order valence-corrected chi connectivity index (χ1v) is 17.2. The quantitative estimate of drug-likeness (QED) is 0.0390. The topological polar surface area (TPSA) is 144 Å². The van der Waals surface area contributed by atoms with Gasteiger partial charge in [-0.2, -0.15) is 37.9 Å². The summed E-state index contributed by atoms with van der Waals surface area (Å²) < 4.78 is 54.7. The van der Waals surface area contributed by atoms with Gasteiger partial charge in [-0.25, -0.2) is 0 Å². The summed E-state index contributed by atoms with van der Waals surface area (Å²) in [6.45, 7) is 7.65. The molecular weight excluding hydrogens is 653 g/mol. The standard InChI is InChI=1S/C29H54O13S3/c1-2-29(24-38-12-9-35-15-18-41-27(31)4-21-44,25-39-13-10-36-16-19-42-28(32)5-22-45)23-37-11-8-33-6-7-34-14-17-40-26(30)3-20-43/h43-45H,2-25H2,1H3. The highest BCUT2D eigenvalue weighted by atomic mass is 32.1. The van der Waals surface area contributed by atoms with Crippen LogP contribution in [0.1, 0.15) is 32.6 Å². The number of hydrogen-bond acceptors (Lipinski definition) is 16. The third kappa shape index (κ3) is 29.1. The van der Waals surface area contributed by atoms with E-state index in [0.29, 0.717) is 96.5 Å². The van der Waals surface area contributed by atoms with Gasteiger partial charge in [0.2, 0.25) is 0 Å². The fourth-order valence-corrected chi connectivity index (χ4v) is 3.86. The highest BCUT2D eigenvalue weighted by Gasteiger charge is 2.30. The molecule has 0 saturated carbocycles. The van der Waals surface area contributed by atoms with Gasteiger partial charge >= 0.3 is 17.9 Å². The van der Waals surface area contributed by atoms with Gasteiger partial charge in [0, 0.05) is 22.7 Å². The normalized spacial score (nSPS) is 11.5. The summed E-state index contributed by atoms with van der Waals surface area (Å²) in [6, 6.07) is 0. The molecule has 45 heavy (non-hydrogen) atoms. The Labute approximate surface area is 284 Å². The fourth-order valence-electron chi connectivity index (χ4n) is 3.31. The highest BCUT2D eigenvalue weighted by molar-refractivity contribution is 7.80. The molecule has 0 amide bonds. The molecule has 266 valence electrons.